The van der Waals surface area contributed by atoms with Crippen LogP contribution >= 0.6 is 7.92 Å². The zero-order chi connectivity index (χ0) is 26.6. The average molecular weight is 515 g/mol. The van der Waals surface area contributed by atoms with Crippen LogP contribution in [0.2, 0.25) is 0 Å². The Kier molecular flexibility index (Phi) is 9.99. The van der Waals surface area contributed by atoms with E-state index in [4.69, 9.17) is 28.4 Å². The van der Waals surface area contributed by atoms with Crippen molar-refractivity contribution in [3.8, 4) is 69.2 Å². The van der Waals surface area contributed by atoms with Gasteiger partial charge in [0.25, 0.3) is 0 Å². The van der Waals surface area contributed by atoms with E-state index in [1.54, 1.807) is 60.9 Å². The molecule has 0 saturated heterocycles. The predicted octanol–water partition coefficient (Wildman–Crippen LogP) is 5.55. The van der Waals surface area contributed by atoms with E-state index >= 15 is 0 Å². The largest absolute Gasteiger partial charge is 0.497 e. The van der Waals surface area contributed by atoms with Crippen LogP contribution in [0.5, 0.6) is 34.5 Å². The van der Waals surface area contributed by atoms with Crippen molar-refractivity contribution in [3.05, 3.63) is 71.3 Å². The van der Waals surface area contributed by atoms with Crippen molar-refractivity contribution >= 4 is 7.92 Å². The van der Waals surface area contributed by atoms with Crippen LogP contribution < -0.4 is 28.4 Å². The standard InChI is InChI=1S/C30H27O6P/c1-31-25-13-22(14-26(19-25)32-2)7-10-37(11-8-23-15-27(33-3)20-28(16-23)34-4)12-9-24-17-29(35-5)21-30(18-24)36-6/h13-21H,1-6H3. The van der Waals surface area contributed by atoms with Crippen molar-refractivity contribution in [2.75, 3.05) is 42.7 Å². The topological polar surface area (TPSA) is 55.4 Å². The van der Waals surface area contributed by atoms with Gasteiger partial charge in [-0.05, 0) is 53.4 Å². The van der Waals surface area contributed by atoms with E-state index < -0.39 is 7.92 Å². The molecule has 0 bridgehead atoms. The molecule has 0 amide bonds. The Bertz CT molecular complexity index is 1190. The lowest BCUT2D eigenvalue weighted by Crippen LogP contribution is -1.89. The third-order valence-electron chi connectivity index (χ3n) is 4.99. The van der Waals surface area contributed by atoms with Gasteiger partial charge in [-0.1, -0.05) is 17.8 Å². The fraction of sp³-hybridized carbons (Fsp3) is 0.200. The lowest BCUT2D eigenvalue weighted by atomic mass is 10.2. The summed E-state index contributed by atoms with van der Waals surface area (Å²) in [5.41, 5.74) is 11.9. The second-order valence-corrected chi connectivity index (χ2v) is 8.69. The Balaban J connectivity index is 2.05. The number of ether oxygens (including phenoxy) is 6. The summed E-state index contributed by atoms with van der Waals surface area (Å²) in [5.74, 6) is 13.4. The Labute approximate surface area is 219 Å². The maximum Gasteiger partial charge on any atom is 0.128 e. The van der Waals surface area contributed by atoms with Gasteiger partial charge < -0.3 is 28.4 Å². The molecular formula is C30H27O6P. The van der Waals surface area contributed by atoms with Crippen molar-refractivity contribution in [3.63, 3.8) is 0 Å². The molecule has 6 nitrogen and oxygen atoms in total. The SMILES string of the molecule is COc1cc(C#CP(C#Cc2cc(OC)cc(OC)c2)C#Cc2cc(OC)cc(OC)c2)cc(OC)c1. The summed E-state index contributed by atoms with van der Waals surface area (Å²) in [6.07, 6.45) is 0. The van der Waals surface area contributed by atoms with E-state index in [2.05, 4.69) is 34.7 Å². The van der Waals surface area contributed by atoms with Gasteiger partial charge in [0.1, 0.15) is 42.4 Å². The lowest BCUT2D eigenvalue weighted by molar-refractivity contribution is 0.394. The maximum atomic E-state index is 5.36. The Hall–Kier alpha value is -4.43. The molecule has 0 atom stereocenters. The second kappa shape index (κ2) is 13.6. The average Bonchev–Trinajstić information content (AvgIpc) is 2.95. The summed E-state index contributed by atoms with van der Waals surface area (Å²) < 4.78 is 32.1. The molecule has 0 fully saturated rings. The van der Waals surface area contributed by atoms with Crippen LogP contribution in [0.1, 0.15) is 16.7 Å². The van der Waals surface area contributed by atoms with Crippen LogP contribution in [-0.2, 0) is 0 Å². The molecule has 0 unspecified atom stereocenters. The third-order valence-corrected chi connectivity index (χ3v) is 6.00. The molecule has 37 heavy (non-hydrogen) atoms. The van der Waals surface area contributed by atoms with Gasteiger partial charge >= 0.3 is 0 Å². The predicted molar refractivity (Wildman–Crippen MR) is 146 cm³/mol. The number of hydrogen-bond donors (Lipinski definition) is 0. The van der Waals surface area contributed by atoms with Crippen molar-refractivity contribution in [1.29, 1.82) is 0 Å². The van der Waals surface area contributed by atoms with Crippen LogP contribution in [0.4, 0.5) is 0 Å². The Morgan fingerprint density at radius 3 is 0.784 bits per heavy atom. The van der Waals surface area contributed by atoms with E-state index in [1.165, 1.54) is 0 Å². The molecule has 0 aromatic heterocycles. The fourth-order valence-electron chi connectivity index (χ4n) is 3.08. The molecule has 0 radical (unpaired) electrons. The normalized spacial score (nSPS) is 9.49. The Morgan fingerprint density at radius 1 is 0.378 bits per heavy atom. The first-order valence-electron chi connectivity index (χ1n) is 11.0. The molecule has 0 aliphatic heterocycles. The van der Waals surface area contributed by atoms with Gasteiger partial charge in [0.05, 0.1) is 42.7 Å². The summed E-state index contributed by atoms with van der Waals surface area (Å²) in [5, 5.41) is 0. The number of rotatable bonds is 6. The first-order valence-corrected chi connectivity index (χ1v) is 12.4. The van der Waals surface area contributed by atoms with Crippen LogP contribution in [0.25, 0.3) is 0 Å². The van der Waals surface area contributed by atoms with Gasteiger partial charge in [-0.15, -0.1) is 0 Å². The summed E-state index contributed by atoms with van der Waals surface area (Å²) in [7, 11) is 8.24. The van der Waals surface area contributed by atoms with Crippen molar-refractivity contribution in [2.24, 2.45) is 0 Å². The highest BCUT2D eigenvalue weighted by atomic mass is 31.1. The van der Waals surface area contributed by atoms with E-state index in [0.717, 1.165) is 16.7 Å². The number of methoxy groups -OCH3 is 6. The van der Waals surface area contributed by atoms with Crippen LogP contribution in [0.15, 0.2) is 54.6 Å². The van der Waals surface area contributed by atoms with Crippen LogP contribution in [0, 0.1) is 34.7 Å². The monoisotopic (exact) mass is 514 g/mol. The first-order chi connectivity index (χ1) is 18.0. The molecule has 0 N–H and O–H groups in total. The molecule has 0 saturated carbocycles. The molecule has 0 aliphatic rings. The highest BCUT2D eigenvalue weighted by Crippen LogP contribution is 2.33. The molecule has 3 rings (SSSR count). The zero-order valence-electron chi connectivity index (χ0n) is 21.6. The van der Waals surface area contributed by atoms with Crippen LogP contribution in [-0.4, -0.2) is 42.7 Å². The third kappa shape index (κ3) is 8.05. The summed E-state index contributed by atoms with van der Waals surface area (Å²) >= 11 is 0. The van der Waals surface area contributed by atoms with Gasteiger partial charge in [-0.25, -0.2) is 0 Å². The van der Waals surface area contributed by atoms with E-state index in [0.29, 0.717) is 34.5 Å². The van der Waals surface area contributed by atoms with Crippen molar-refractivity contribution in [1.82, 2.24) is 0 Å². The Morgan fingerprint density at radius 2 is 0.595 bits per heavy atom. The summed E-state index contributed by atoms with van der Waals surface area (Å²) in [6, 6.07) is 16.4. The fourth-order valence-corrected chi connectivity index (χ4v) is 3.97. The molecule has 3 aromatic carbocycles. The van der Waals surface area contributed by atoms with Crippen molar-refractivity contribution in [2.45, 2.75) is 0 Å². The van der Waals surface area contributed by atoms with E-state index in [1.807, 2.05) is 36.4 Å². The number of benzene rings is 3. The minimum atomic E-state index is -1.34. The molecule has 0 aliphatic carbocycles. The maximum absolute atomic E-state index is 5.36. The number of hydrogen-bond acceptors (Lipinski definition) is 6. The van der Waals surface area contributed by atoms with E-state index in [-0.39, 0.29) is 0 Å². The van der Waals surface area contributed by atoms with Gasteiger partial charge in [-0.2, -0.15) is 0 Å². The van der Waals surface area contributed by atoms with Crippen LogP contribution in [0.3, 0.4) is 0 Å². The molecule has 0 heterocycles. The molecule has 7 heteroatoms. The van der Waals surface area contributed by atoms with Gasteiger partial charge in [0.2, 0.25) is 0 Å². The summed E-state index contributed by atoms with van der Waals surface area (Å²) in [6.45, 7) is 0. The molecule has 188 valence electrons. The molecular weight excluding hydrogens is 487 g/mol. The van der Waals surface area contributed by atoms with Crippen molar-refractivity contribution < 1.29 is 28.4 Å². The second-order valence-electron chi connectivity index (χ2n) is 7.35. The quantitative estimate of drug-likeness (QED) is 0.318. The summed E-state index contributed by atoms with van der Waals surface area (Å²) in [4.78, 5) is 0. The minimum absolute atomic E-state index is 0.650. The smallest absolute Gasteiger partial charge is 0.128 e. The highest BCUT2D eigenvalue weighted by Gasteiger charge is 2.04. The zero-order valence-corrected chi connectivity index (χ0v) is 22.5. The van der Waals surface area contributed by atoms with Gasteiger partial charge in [0, 0.05) is 34.9 Å². The van der Waals surface area contributed by atoms with E-state index in [9.17, 15) is 0 Å². The first kappa shape index (κ1) is 27.2. The minimum Gasteiger partial charge on any atom is -0.497 e. The van der Waals surface area contributed by atoms with Gasteiger partial charge in [0.15, 0.2) is 0 Å². The highest BCUT2D eigenvalue weighted by molar-refractivity contribution is 7.72. The lowest BCUT2D eigenvalue weighted by Gasteiger charge is -2.05. The molecule has 0 spiro atoms. The van der Waals surface area contributed by atoms with Gasteiger partial charge in [-0.3, -0.25) is 0 Å². The molecule has 3 aromatic rings.